The van der Waals surface area contributed by atoms with Crippen LogP contribution in [0.1, 0.15) is 54.6 Å². The molecule has 1 aliphatic carbocycles. The van der Waals surface area contributed by atoms with E-state index >= 15 is 0 Å². The summed E-state index contributed by atoms with van der Waals surface area (Å²) in [7, 11) is 3.64. The van der Waals surface area contributed by atoms with Crippen molar-refractivity contribution in [3.05, 3.63) is 29.8 Å². The van der Waals surface area contributed by atoms with Gasteiger partial charge < -0.3 is 4.90 Å². The van der Waals surface area contributed by atoms with Gasteiger partial charge in [0.1, 0.15) is 0 Å². The van der Waals surface area contributed by atoms with E-state index in [0.717, 1.165) is 24.4 Å². The second-order valence-electron chi connectivity index (χ2n) is 6.84. The van der Waals surface area contributed by atoms with Crippen molar-refractivity contribution in [1.29, 1.82) is 0 Å². The van der Waals surface area contributed by atoms with E-state index in [9.17, 15) is 4.79 Å². The van der Waals surface area contributed by atoms with Crippen LogP contribution in [-0.2, 0) is 20.1 Å². The van der Waals surface area contributed by atoms with Crippen LogP contribution in [0.15, 0.2) is 18.6 Å². The lowest BCUT2D eigenvalue weighted by Crippen LogP contribution is -2.26. The second kappa shape index (κ2) is 7.59. The highest BCUT2D eigenvalue weighted by atomic mass is 16.2. The predicted octanol–water partition coefficient (Wildman–Crippen LogP) is 2.25. The zero-order valence-electron chi connectivity index (χ0n) is 14.6. The Morgan fingerprint density at radius 1 is 1.29 bits per heavy atom. The Labute approximate surface area is 142 Å². The number of rotatable bonds is 6. The summed E-state index contributed by atoms with van der Waals surface area (Å²) in [6.45, 7) is 1.36. The first kappa shape index (κ1) is 16.7. The Hall–Kier alpha value is -2.18. The SMILES string of the molecule is CN(Cc1cnn(C)c1)C(=O)c1cn(CCC2CCCCC2)nn1. The summed E-state index contributed by atoms with van der Waals surface area (Å²) in [5.41, 5.74) is 1.41. The maximum atomic E-state index is 12.5. The Morgan fingerprint density at radius 3 is 2.79 bits per heavy atom. The molecule has 1 aliphatic rings. The molecule has 0 aliphatic heterocycles. The van der Waals surface area contributed by atoms with Crippen molar-refractivity contribution in [3.63, 3.8) is 0 Å². The first-order valence-electron chi connectivity index (χ1n) is 8.75. The van der Waals surface area contributed by atoms with Crippen molar-refractivity contribution in [3.8, 4) is 0 Å². The average molecular weight is 330 g/mol. The van der Waals surface area contributed by atoms with E-state index in [1.165, 1.54) is 32.1 Å². The number of hydrogen-bond donors (Lipinski definition) is 0. The third kappa shape index (κ3) is 4.21. The third-order valence-corrected chi connectivity index (χ3v) is 4.77. The summed E-state index contributed by atoms with van der Waals surface area (Å²) in [6.07, 6.45) is 13.3. The van der Waals surface area contributed by atoms with Crippen molar-refractivity contribution < 1.29 is 4.79 Å². The number of aryl methyl sites for hydroxylation is 2. The molecule has 1 saturated carbocycles. The van der Waals surface area contributed by atoms with Gasteiger partial charge in [-0.2, -0.15) is 5.10 Å². The van der Waals surface area contributed by atoms with E-state index < -0.39 is 0 Å². The van der Waals surface area contributed by atoms with Gasteiger partial charge in [-0.05, 0) is 12.3 Å². The second-order valence-corrected chi connectivity index (χ2v) is 6.84. The van der Waals surface area contributed by atoms with Gasteiger partial charge in [-0.3, -0.25) is 14.2 Å². The average Bonchev–Trinajstić information content (AvgIpc) is 3.22. The monoisotopic (exact) mass is 330 g/mol. The van der Waals surface area contributed by atoms with E-state index in [0.29, 0.717) is 12.2 Å². The molecule has 1 fully saturated rings. The first-order chi connectivity index (χ1) is 11.6. The number of aromatic nitrogens is 5. The molecule has 7 heteroatoms. The molecule has 0 aromatic carbocycles. The lowest BCUT2D eigenvalue weighted by Gasteiger charge is -2.20. The van der Waals surface area contributed by atoms with Gasteiger partial charge in [0.15, 0.2) is 5.69 Å². The number of nitrogens with zero attached hydrogens (tertiary/aromatic N) is 6. The van der Waals surface area contributed by atoms with Crippen LogP contribution in [-0.4, -0.2) is 42.6 Å². The summed E-state index contributed by atoms with van der Waals surface area (Å²) in [5.74, 6) is 0.693. The summed E-state index contributed by atoms with van der Waals surface area (Å²) in [6, 6.07) is 0. The van der Waals surface area contributed by atoms with Gasteiger partial charge in [-0.15, -0.1) is 5.10 Å². The molecule has 2 aromatic rings. The molecule has 7 nitrogen and oxygen atoms in total. The summed E-state index contributed by atoms with van der Waals surface area (Å²) >= 11 is 0. The van der Waals surface area contributed by atoms with Crippen LogP contribution in [0, 0.1) is 5.92 Å². The molecule has 24 heavy (non-hydrogen) atoms. The molecule has 2 aromatic heterocycles. The van der Waals surface area contributed by atoms with Crippen molar-refractivity contribution in [2.24, 2.45) is 13.0 Å². The molecule has 0 atom stereocenters. The van der Waals surface area contributed by atoms with Crippen LogP contribution in [0.2, 0.25) is 0 Å². The molecule has 2 heterocycles. The Kier molecular flexibility index (Phi) is 5.27. The van der Waals surface area contributed by atoms with E-state index in [4.69, 9.17) is 0 Å². The maximum Gasteiger partial charge on any atom is 0.276 e. The molecular weight excluding hydrogens is 304 g/mol. The van der Waals surface area contributed by atoms with E-state index in [1.54, 1.807) is 33.7 Å². The minimum atomic E-state index is -0.109. The lowest BCUT2D eigenvalue weighted by atomic mass is 9.87. The van der Waals surface area contributed by atoms with Gasteiger partial charge in [-0.25, -0.2) is 0 Å². The molecule has 1 amide bonds. The summed E-state index contributed by atoms with van der Waals surface area (Å²) in [4.78, 5) is 14.1. The van der Waals surface area contributed by atoms with Crippen LogP contribution < -0.4 is 0 Å². The van der Waals surface area contributed by atoms with Gasteiger partial charge in [0.25, 0.3) is 5.91 Å². The number of carbonyl (C=O) groups is 1. The fourth-order valence-electron chi connectivity index (χ4n) is 3.39. The van der Waals surface area contributed by atoms with Gasteiger partial charge in [-0.1, -0.05) is 37.3 Å². The molecule has 0 N–H and O–H groups in total. The Morgan fingerprint density at radius 2 is 2.08 bits per heavy atom. The minimum absolute atomic E-state index is 0.109. The Bertz CT molecular complexity index is 670. The smallest absolute Gasteiger partial charge is 0.276 e. The minimum Gasteiger partial charge on any atom is -0.336 e. The molecule has 0 unspecified atom stereocenters. The van der Waals surface area contributed by atoms with Crippen molar-refractivity contribution >= 4 is 5.91 Å². The standard InChI is InChI=1S/C17H26N6O/c1-21(11-15-10-18-22(2)12-15)17(24)16-13-23(20-19-16)9-8-14-6-4-3-5-7-14/h10,12-14H,3-9,11H2,1-2H3. The summed E-state index contributed by atoms with van der Waals surface area (Å²) in [5, 5.41) is 12.3. The normalized spacial score (nSPS) is 15.6. The molecule has 0 spiro atoms. The Balaban J connectivity index is 1.52. The molecular formula is C17H26N6O. The van der Waals surface area contributed by atoms with E-state index in [1.807, 2.05) is 13.2 Å². The predicted molar refractivity (Wildman–Crippen MR) is 90.2 cm³/mol. The lowest BCUT2D eigenvalue weighted by molar-refractivity contribution is 0.0779. The molecule has 3 rings (SSSR count). The van der Waals surface area contributed by atoms with E-state index in [2.05, 4.69) is 15.4 Å². The van der Waals surface area contributed by atoms with Crippen LogP contribution in [0.25, 0.3) is 0 Å². The number of carbonyl (C=O) groups excluding carboxylic acids is 1. The van der Waals surface area contributed by atoms with Gasteiger partial charge >= 0.3 is 0 Å². The molecule has 0 radical (unpaired) electrons. The van der Waals surface area contributed by atoms with Crippen LogP contribution in [0.5, 0.6) is 0 Å². The summed E-state index contributed by atoms with van der Waals surface area (Å²) < 4.78 is 3.54. The largest absolute Gasteiger partial charge is 0.336 e. The van der Waals surface area contributed by atoms with Crippen LogP contribution in [0.3, 0.4) is 0 Å². The first-order valence-corrected chi connectivity index (χ1v) is 8.75. The molecule has 130 valence electrons. The fourth-order valence-corrected chi connectivity index (χ4v) is 3.39. The molecule has 0 saturated heterocycles. The van der Waals surface area contributed by atoms with Gasteiger partial charge in [0.2, 0.25) is 0 Å². The number of amides is 1. The van der Waals surface area contributed by atoms with Crippen molar-refractivity contribution in [2.75, 3.05) is 7.05 Å². The highest BCUT2D eigenvalue weighted by molar-refractivity contribution is 5.91. The zero-order chi connectivity index (χ0) is 16.9. The number of hydrogen-bond acceptors (Lipinski definition) is 4. The fraction of sp³-hybridized carbons (Fsp3) is 0.647. The zero-order valence-corrected chi connectivity index (χ0v) is 14.6. The van der Waals surface area contributed by atoms with Crippen LogP contribution in [0.4, 0.5) is 0 Å². The van der Waals surface area contributed by atoms with Crippen molar-refractivity contribution in [2.45, 2.75) is 51.6 Å². The van der Waals surface area contributed by atoms with E-state index in [-0.39, 0.29) is 5.91 Å². The maximum absolute atomic E-state index is 12.5. The highest BCUT2D eigenvalue weighted by Gasteiger charge is 2.18. The quantitative estimate of drug-likeness (QED) is 0.814. The van der Waals surface area contributed by atoms with Gasteiger partial charge in [0, 0.05) is 38.9 Å². The van der Waals surface area contributed by atoms with Crippen LogP contribution >= 0.6 is 0 Å². The van der Waals surface area contributed by atoms with Crippen molar-refractivity contribution in [1.82, 2.24) is 29.7 Å². The molecule has 0 bridgehead atoms. The topological polar surface area (TPSA) is 68.8 Å². The van der Waals surface area contributed by atoms with Gasteiger partial charge in [0.05, 0.1) is 12.4 Å². The third-order valence-electron chi connectivity index (χ3n) is 4.77. The highest BCUT2D eigenvalue weighted by Crippen LogP contribution is 2.26.